The highest BCUT2D eigenvalue weighted by Gasteiger charge is 2.21. The molecular formula is C17H14N6O2. The Balaban J connectivity index is 1.87. The molecule has 1 N–H and O–H groups in total. The Bertz CT molecular complexity index is 974. The molecule has 0 bridgehead atoms. The third-order valence-corrected chi connectivity index (χ3v) is 3.57. The number of para-hydroxylation sites is 1. The van der Waals surface area contributed by atoms with Gasteiger partial charge in [-0.3, -0.25) is 4.79 Å². The van der Waals surface area contributed by atoms with Crippen molar-refractivity contribution in [1.82, 2.24) is 19.7 Å². The number of hydrogen-bond donors (Lipinski definition) is 1. The highest BCUT2D eigenvalue weighted by molar-refractivity contribution is 6.05. The van der Waals surface area contributed by atoms with E-state index in [1.165, 1.54) is 13.3 Å². The first-order chi connectivity index (χ1) is 12.1. The summed E-state index contributed by atoms with van der Waals surface area (Å²) in [6, 6.07) is 11.3. The standard InChI is InChI=1S/C17H14N6O2/c1-11(19)13(7-18)15(24)9-25-17-14-8-22-23(16(14)20-10-21-17)12-5-3-2-4-6-12/h2-6,8,10,13,19H,9H2,1H3. The SMILES string of the molecule is CC(=N)C(C#N)C(=O)COc1ncnc2c1cnn2-c1ccccc1. The third-order valence-electron chi connectivity index (χ3n) is 3.57. The van der Waals surface area contributed by atoms with Crippen molar-refractivity contribution in [2.75, 3.05) is 6.61 Å². The van der Waals surface area contributed by atoms with E-state index < -0.39 is 11.7 Å². The fourth-order valence-corrected chi connectivity index (χ4v) is 2.33. The van der Waals surface area contributed by atoms with Crippen molar-refractivity contribution in [1.29, 1.82) is 10.7 Å². The van der Waals surface area contributed by atoms with Crippen LogP contribution in [-0.4, -0.2) is 37.9 Å². The quantitative estimate of drug-likeness (QED) is 0.688. The Morgan fingerprint density at radius 1 is 1.36 bits per heavy atom. The highest BCUT2D eigenvalue weighted by Crippen LogP contribution is 2.23. The van der Waals surface area contributed by atoms with Crippen LogP contribution in [0.4, 0.5) is 0 Å². The average Bonchev–Trinajstić information content (AvgIpc) is 3.05. The van der Waals surface area contributed by atoms with Gasteiger partial charge in [-0.25, -0.2) is 14.6 Å². The van der Waals surface area contributed by atoms with Gasteiger partial charge in [0, 0.05) is 5.71 Å². The second-order valence-electron chi connectivity index (χ2n) is 5.31. The molecule has 1 aromatic carbocycles. The van der Waals surface area contributed by atoms with Crippen LogP contribution < -0.4 is 4.74 Å². The van der Waals surface area contributed by atoms with Crippen LogP contribution in [0.5, 0.6) is 5.88 Å². The molecule has 0 aliphatic rings. The van der Waals surface area contributed by atoms with Gasteiger partial charge in [0.05, 0.1) is 18.0 Å². The van der Waals surface area contributed by atoms with Crippen molar-refractivity contribution >= 4 is 22.5 Å². The van der Waals surface area contributed by atoms with Gasteiger partial charge in [-0.15, -0.1) is 0 Å². The Morgan fingerprint density at radius 3 is 2.80 bits per heavy atom. The second-order valence-corrected chi connectivity index (χ2v) is 5.31. The molecule has 2 heterocycles. The number of carbonyl (C=O) groups excluding carboxylic acids is 1. The molecule has 0 saturated carbocycles. The van der Waals surface area contributed by atoms with Crippen molar-refractivity contribution in [3.63, 3.8) is 0 Å². The summed E-state index contributed by atoms with van der Waals surface area (Å²) >= 11 is 0. The van der Waals surface area contributed by atoms with E-state index in [2.05, 4.69) is 15.1 Å². The number of fused-ring (bicyclic) bond motifs is 1. The van der Waals surface area contributed by atoms with E-state index in [1.807, 2.05) is 30.3 Å². The summed E-state index contributed by atoms with van der Waals surface area (Å²) in [5.74, 6) is -1.39. The predicted octanol–water partition coefficient (Wildman–Crippen LogP) is 1.94. The molecule has 3 rings (SSSR count). The number of nitriles is 1. The lowest BCUT2D eigenvalue weighted by Crippen LogP contribution is -2.25. The number of benzene rings is 1. The molecule has 25 heavy (non-hydrogen) atoms. The zero-order valence-corrected chi connectivity index (χ0v) is 13.4. The van der Waals surface area contributed by atoms with E-state index in [1.54, 1.807) is 16.9 Å². The molecule has 0 fully saturated rings. The normalized spacial score (nSPS) is 11.7. The number of carbonyl (C=O) groups is 1. The third kappa shape index (κ3) is 3.21. The number of nitrogens with one attached hydrogen (secondary N) is 1. The topological polar surface area (TPSA) is 118 Å². The van der Waals surface area contributed by atoms with Crippen LogP contribution in [0, 0.1) is 22.7 Å². The van der Waals surface area contributed by atoms with Crippen molar-refractivity contribution in [2.45, 2.75) is 6.92 Å². The van der Waals surface area contributed by atoms with Crippen LogP contribution in [0.1, 0.15) is 6.92 Å². The first-order valence-corrected chi connectivity index (χ1v) is 7.46. The molecule has 0 aliphatic carbocycles. The number of Topliss-reactive ketones (excluding diaryl/α,β-unsaturated/α-hetero) is 1. The van der Waals surface area contributed by atoms with Gasteiger partial charge >= 0.3 is 0 Å². The van der Waals surface area contributed by atoms with Gasteiger partial charge in [-0.2, -0.15) is 10.4 Å². The number of ketones is 1. The maximum Gasteiger partial charge on any atom is 0.228 e. The van der Waals surface area contributed by atoms with Gasteiger partial charge in [0.1, 0.15) is 24.2 Å². The molecule has 3 aromatic rings. The van der Waals surface area contributed by atoms with Crippen LogP contribution in [0.3, 0.4) is 0 Å². The van der Waals surface area contributed by atoms with E-state index in [0.29, 0.717) is 11.0 Å². The minimum absolute atomic E-state index is 0.0131. The van der Waals surface area contributed by atoms with Gasteiger partial charge in [0.25, 0.3) is 0 Å². The number of ether oxygens (including phenoxy) is 1. The highest BCUT2D eigenvalue weighted by atomic mass is 16.5. The van der Waals surface area contributed by atoms with Gasteiger partial charge in [0.15, 0.2) is 11.4 Å². The number of hydrogen-bond acceptors (Lipinski definition) is 7. The van der Waals surface area contributed by atoms with E-state index in [-0.39, 0.29) is 18.2 Å². The maximum atomic E-state index is 12.0. The van der Waals surface area contributed by atoms with Crippen LogP contribution in [0.2, 0.25) is 0 Å². The molecule has 1 unspecified atom stereocenters. The molecular weight excluding hydrogens is 320 g/mol. The Labute approximate surface area is 143 Å². The van der Waals surface area contributed by atoms with Crippen molar-refractivity contribution in [3.05, 3.63) is 42.9 Å². The fraction of sp³-hybridized carbons (Fsp3) is 0.176. The lowest BCUT2D eigenvalue weighted by atomic mass is 10.0. The van der Waals surface area contributed by atoms with Crippen LogP contribution in [0.15, 0.2) is 42.9 Å². The van der Waals surface area contributed by atoms with Crippen molar-refractivity contribution in [2.24, 2.45) is 5.92 Å². The van der Waals surface area contributed by atoms with Gasteiger partial charge in [-0.05, 0) is 19.1 Å². The first-order valence-electron chi connectivity index (χ1n) is 7.46. The predicted molar refractivity (Wildman–Crippen MR) is 89.7 cm³/mol. The largest absolute Gasteiger partial charge is 0.469 e. The van der Waals surface area contributed by atoms with Crippen LogP contribution >= 0.6 is 0 Å². The summed E-state index contributed by atoms with van der Waals surface area (Å²) in [6.45, 7) is 1.07. The molecule has 8 nitrogen and oxygen atoms in total. The Morgan fingerprint density at radius 2 is 2.12 bits per heavy atom. The number of aromatic nitrogens is 4. The lowest BCUT2D eigenvalue weighted by molar-refractivity contribution is -0.121. The average molecular weight is 334 g/mol. The maximum absolute atomic E-state index is 12.0. The van der Waals surface area contributed by atoms with Crippen LogP contribution in [-0.2, 0) is 4.79 Å². The van der Waals surface area contributed by atoms with Gasteiger partial charge in [-0.1, -0.05) is 18.2 Å². The van der Waals surface area contributed by atoms with E-state index >= 15 is 0 Å². The molecule has 0 spiro atoms. The molecule has 8 heteroatoms. The summed E-state index contributed by atoms with van der Waals surface area (Å²) < 4.78 is 7.11. The summed E-state index contributed by atoms with van der Waals surface area (Å²) in [7, 11) is 0. The summed E-state index contributed by atoms with van der Waals surface area (Å²) in [5, 5.41) is 21.3. The fourth-order valence-electron chi connectivity index (χ4n) is 2.33. The zero-order valence-electron chi connectivity index (χ0n) is 13.4. The summed E-state index contributed by atoms with van der Waals surface area (Å²) in [5.41, 5.74) is 1.37. The summed E-state index contributed by atoms with van der Waals surface area (Å²) in [4.78, 5) is 20.3. The van der Waals surface area contributed by atoms with E-state index in [9.17, 15) is 4.79 Å². The molecule has 0 amide bonds. The Hall–Kier alpha value is -3.60. The molecule has 1 atom stereocenters. The smallest absolute Gasteiger partial charge is 0.228 e. The number of rotatable bonds is 6. The molecule has 2 aromatic heterocycles. The van der Waals surface area contributed by atoms with Gasteiger partial charge < -0.3 is 10.1 Å². The monoisotopic (exact) mass is 334 g/mol. The van der Waals surface area contributed by atoms with Crippen LogP contribution in [0.25, 0.3) is 16.7 Å². The minimum Gasteiger partial charge on any atom is -0.469 e. The van der Waals surface area contributed by atoms with Crippen molar-refractivity contribution < 1.29 is 9.53 Å². The number of nitrogens with zero attached hydrogens (tertiary/aromatic N) is 5. The zero-order chi connectivity index (χ0) is 17.8. The Kier molecular flexibility index (Phi) is 4.48. The molecule has 124 valence electrons. The first kappa shape index (κ1) is 16.3. The minimum atomic E-state index is -1.11. The van der Waals surface area contributed by atoms with E-state index in [0.717, 1.165) is 5.69 Å². The van der Waals surface area contributed by atoms with E-state index in [4.69, 9.17) is 15.4 Å². The van der Waals surface area contributed by atoms with Crippen molar-refractivity contribution in [3.8, 4) is 17.6 Å². The lowest BCUT2D eigenvalue weighted by Gasteiger charge is -2.08. The second kappa shape index (κ2) is 6.88. The molecule has 0 aliphatic heterocycles. The summed E-state index contributed by atoms with van der Waals surface area (Å²) in [6.07, 6.45) is 2.89. The molecule has 0 radical (unpaired) electrons. The van der Waals surface area contributed by atoms with Gasteiger partial charge in [0.2, 0.25) is 5.88 Å². The molecule has 0 saturated heterocycles.